The van der Waals surface area contributed by atoms with Gasteiger partial charge in [0.25, 0.3) is 0 Å². The monoisotopic (exact) mass is 138 g/mol. The molecule has 1 aromatic rings. The molecule has 0 aliphatic carbocycles. The first-order valence-electron chi connectivity index (χ1n) is 1.40. The molecule has 6 heavy (non-hydrogen) atoms. The van der Waals surface area contributed by atoms with Gasteiger partial charge in [-0.3, -0.25) is 0 Å². The number of hydrogen-bond donors (Lipinski definition) is 0. The third-order valence-electron chi connectivity index (χ3n) is 0.379. The van der Waals surface area contributed by atoms with E-state index in [4.69, 9.17) is 0 Å². The molecule has 1 radical (unpaired) electrons. The Hall–Kier alpha value is 0.219. The van der Waals surface area contributed by atoms with Crippen LogP contribution in [0.5, 0.6) is 0 Å². The molecule has 0 atom stereocenters. The van der Waals surface area contributed by atoms with Gasteiger partial charge in [-0.1, -0.05) is 0 Å². The molecule has 0 aliphatic rings. The molecule has 1 aromatic heterocycles. The van der Waals surface area contributed by atoms with Crippen molar-refractivity contribution in [2.45, 2.75) is 0 Å². The summed E-state index contributed by atoms with van der Waals surface area (Å²) < 4.78 is 0. The SMILES string of the molecule is [Mn].[c-]1cccs1. The van der Waals surface area contributed by atoms with Crippen LogP contribution in [0.2, 0.25) is 0 Å². The van der Waals surface area contributed by atoms with Crippen LogP contribution in [0.4, 0.5) is 0 Å². The predicted octanol–water partition coefficient (Wildman–Crippen LogP) is 1.55. The van der Waals surface area contributed by atoms with E-state index in [2.05, 4.69) is 5.38 Å². The van der Waals surface area contributed by atoms with E-state index >= 15 is 0 Å². The molecule has 0 bridgehead atoms. The zero-order valence-electron chi connectivity index (χ0n) is 3.02. The van der Waals surface area contributed by atoms with Crippen LogP contribution in [-0.2, 0) is 17.1 Å². The van der Waals surface area contributed by atoms with Crippen molar-refractivity contribution in [3.63, 3.8) is 0 Å². The molecule has 1 rings (SSSR count). The Bertz CT molecular complexity index is 64.0. The third-order valence-corrected chi connectivity index (χ3v) is 0.944. The van der Waals surface area contributed by atoms with Crippen molar-refractivity contribution in [1.29, 1.82) is 0 Å². The predicted molar refractivity (Wildman–Crippen MR) is 23.2 cm³/mol. The molecule has 0 amide bonds. The third kappa shape index (κ3) is 1.61. The van der Waals surface area contributed by atoms with Crippen LogP contribution in [0, 0.1) is 5.38 Å². The average Bonchev–Trinajstić information content (AvgIpc) is 1.76. The molecule has 0 fully saturated rings. The van der Waals surface area contributed by atoms with Gasteiger partial charge in [-0.25, -0.2) is 6.07 Å². The summed E-state index contributed by atoms with van der Waals surface area (Å²) >= 11 is 1.59. The molecule has 0 saturated carbocycles. The van der Waals surface area contributed by atoms with Crippen LogP contribution in [0.25, 0.3) is 0 Å². The summed E-state index contributed by atoms with van der Waals surface area (Å²) in [5, 5.41) is 4.89. The van der Waals surface area contributed by atoms with Gasteiger partial charge in [0.2, 0.25) is 0 Å². The topological polar surface area (TPSA) is 0 Å². The van der Waals surface area contributed by atoms with Gasteiger partial charge >= 0.3 is 0 Å². The first kappa shape index (κ1) is 6.22. The van der Waals surface area contributed by atoms with Crippen molar-refractivity contribution in [2.24, 2.45) is 0 Å². The largest absolute Gasteiger partial charge is 0.304 e. The van der Waals surface area contributed by atoms with Gasteiger partial charge in [-0.2, -0.15) is 11.4 Å². The zero-order valence-corrected chi connectivity index (χ0v) is 5.02. The number of thiophene rings is 1. The molecule has 0 aliphatic heterocycles. The average molecular weight is 138 g/mol. The molecule has 33 valence electrons. The normalized spacial score (nSPS) is 6.67. The second kappa shape index (κ2) is 3.41. The minimum atomic E-state index is 0. The molecular formula is C4H3MnS-. The van der Waals surface area contributed by atoms with Crippen molar-refractivity contribution >= 4 is 11.3 Å². The van der Waals surface area contributed by atoms with Crippen LogP contribution in [0.3, 0.4) is 0 Å². The summed E-state index contributed by atoms with van der Waals surface area (Å²) in [6.45, 7) is 0. The fraction of sp³-hybridized carbons (Fsp3) is 0. The maximum atomic E-state index is 2.90. The summed E-state index contributed by atoms with van der Waals surface area (Å²) in [6.07, 6.45) is 0. The van der Waals surface area contributed by atoms with Crippen molar-refractivity contribution < 1.29 is 17.1 Å². The molecule has 2 heteroatoms. The maximum Gasteiger partial charge on any atom is 0 e. The van der Waals surface area contributed by atoms with Crippen molar-refractivity contribution in [3.05, 3.63) is 22.9 Å². The van der Waals surface area contributed by atoms with Crippen LogP contribution in [0.15, 0.2) is 17.5 Å². The maximum absolute atomic E-state index is 2.90. The van der Waals surface area contributed by atoms with Gasteiger partial charge in [-0.05, 0) is 0 Å². The summed E-state index contributed by atoms with van der Waals surface area (Å²) in [6, 6.07) is 3.86. The quantitative estimate of drug-likeness (QED) is 0.377. The smallest absolute Gasteiger partial charge is 0 e. The Labute approximate surface area is 51.7 Å². The van der Waals surface area contributed by atoms with E-state index in [-0.39, 0.29) is 17.1 Å². The van der Waals surface area contributed by atoms with Crippen LogP contribution >= 0.6 is 11.3 Å². The Morgan fingerprint density at radius 3 is 2.50 bits per heavy atom. The van der Waals surface area contributed by atoms with E-state index < -0.39 is 0 Å². The molecule has 0 spiro atoms. The number of hydrogen-bond acceptors (Lipinski definition) is 1. The zero-order chi connectivity index (χ0) is 3.54. The van der Waals surface area contributed by atoms with E-state index in [1.165, 1.54) is 0 Å². The minimum absolute atomic E-state index is 0. The second-order valence-corrected chi connectivity index (χ2v) is 1.47. The van der Waals surface area contributed by atoms with E-state index in [9.17, 15) is 0 Å². The van der Waals surface area contributed by atoms with Gasteiger partial charge in [0.05, 0.1) is 0 Å². The van der Waals surface area contributed by atoms with Crippen molar-refractivity contribution in [3.8, 4) is 0 Å². The fourth-order valence-electron chi connectivity index (χ4n) is 0.196. The molecule has 0 N–H and O–H groups in total. The molecule has 0 nitrogen and oxygen atoms in total. The molecule has 0 aromatic carbocycles. The first-order chi connectivity index (χ1) is 2.50. The van der Waals surface area contributed by atoms with E-state index in [1.54, 1.807) is 11.3 Å². The van der Waals surface area contributed by atoms with E-state index in [0.29, 0.717) is 0 Å². The van der Waals surface area contributed by atoms with Gasteiger partial charge in [-0.15, -0.1) is 5.38 Å². The second-order valence-electron chi connectivity index (χ2n) is 0.731. The number of rotatable bonds is 0. The summed E-state index contributed by atoms with van der Waals surface area (Å²) in [7, 11) is 0. The molecule has 0 saturated heterocycles. The van der Waals surface area contributed by atoms with Gasteiger partial charge in [0.15, 0.2) is 0 Å². The Morgan fingerprint density at radius 1 is 1.50 bits per heavy atom. The Balaban J connectivity index is 0.000000250. The van der Waals surface area contributed by atoms with E-state index in [1.807, 2.05) is 17.5 Å². The Morgan fingerprint density at radius 2 is 2.33 bits per heavy atom. The van der Waals surface area contributed by atoms with Crippen molar-refractivity contribution in [2.75, 3.05) is 0 Å². The molecule has 0 unspecified atom stereocenters. The van der Waals surface area contributed by atoms with Crippen LogP contribution < -0.4 is 0 Å². The Kier molecular flexibility index (Phi) is 3.54. The minimum Gasteiger partial charge on any atom is -0.304 e. The van der Waals surface area contributed by atoms with Crippen LogP contribution in [0.1, 0.15) is 0 Å². The molecular weight excluding hydrogens is 135 g/mol. The van der Waals surface area contributed by atoms with Gasteiger partial charge in [0.1, 0.15) is 0 Å². The summed E-state index contributed by atoms with van der Waals surface area (Å²) in [4.78, 5) is 0. The first-order valence-corrected chi connectivity index (χ1v) is 2.27. The van der Waals surface area contributed by atoms with Gasteiger partial charge in [0, 0.05) is 17.1 Å². The summed E-state index contributed by atoms with van der Waals surface area (Å²) in [5.74, 6) is 0. The van der Waals surface area contributed by atoms with Crippen LogP contribution in [-0.4, -0.2) is 0 Å². The van der Waals surface area contributed by atoms with E-state index in [0.717, 1.165) is 0 Å². The van der Waals surface area contributed by atoms with Gasteiger partial charge < -0.3 is 11.3 Å². The fourth-order valence-corrected chi connectivity index (χ4v) is 0.589. The van der Waals surface area contributed by atoms with Crippen molar-refractivity contribution in [1.82, 2.24) is 0 Å². The summed E-state index contributed by atoms with van der Waals surface area (Å²) in [5.41, 5.74) is 0. The molecule has 1 heterocycles. The standard InChI is InChI=1S/C4H3S.Mn/c1-2-4-5-3-1;/h1-3H;/q-1;.